The summed E-state index contributed by atoms with van der Waals surface area (Å²) in [6.07, 6.45) is 4.54. The molecule has 1 spiro atoms. The maximum atomic E-state index is 12.3. The maximum Gasteiger partial charge on any atom is 0.490 e. The first-order valence-electron chi connectivity index (χ1n) is 10.5. The number of hydrogen-bond donors (Lipinski definition) is 2. The van der Waals surface area contributed by atoms with Crippen LogP contribution in [0.4, 0.5) is 13.2 Å². The monoisotopic (exact) mass is 460 g/mol. The first-order valence-corrected chi connectivity index (χ1v) is 10.5. The Hall–Kier alpha value is -2.31. The number of nitrogens with one attached hydrogen (secondary N) is 1. The molecule has 178 valence electrons. The number of hydrogen-bond acceptors (Lipinski definition) is 7. The fourth-order valence-electron chi connectivity index (χ4n) is 4.35. The molecule has 2 N–H and O–H groups in total. The second kappa shape index (κ2) is 10.5. The average Bonchev–Trinajstić information content (AvgIpc) is 3.18. The van der Waals surface area contributed by atoms with Crippen LogP contribution in [0.5, 0.6) is 0 Å². The molecule has 0 bridgehead atoms. The molecule has 1 aromatic rings. The van der Waals surface area contributed by atoms with Gasteiger partial charge in [0, 0.05) is 57.4 Å². The zero-order valence-electron chi connectivity index (χ0n) is 17.5. The fourth-order valence-corrected chi connectivity index (χ4v) is 4.35. The van der Waals surface area contributed by atoms with Crippen LogP contribution in [-0.2, 0) is 14.3 Å². The molecule has 0 aromatic carbocycles. The number of ether oxygens (including phenoxy) is 2. The number of alkyl halides is 3. The van der Waals surface area contributed by atoms with Gasteiger partial charge in [-0.15, -0.1) is 0 Å². The Kier molecular flexibility index (Phi) is 8.01. The van der Waals surface area contributed by atoms with Crippen molar-refractivity contribution in [3.8, 4) is 0 Å². The van der Waals surface area contributed by atoms with E-state index in [1.165, 1.54) is 6.20 Å². The van der Waals surface area contributed by atoms with Gasteiger partial charge in [-0.2, -0.15) is 13.2 Å². The summed E-state index contributed by atoms with van der Waals surface area (Å²) in [6, 6.07) is 0.754. The molecular formula is C20H27F3N4O5. The fraction of sp³-hybridized carbons (Fsp3) is 0.700. The number of carboxylic acid groups (broad SMARTS) is 1. The van der Waals surface area contributed by atoms with Crippen molar-refractivity contribution in [3.05, 3.63) is 24.3 Å². The third-order valence-corrected chi connectivity index (χ3v) is 5.92. The molecule has 3 aliphatic rings. The number of rotatable bonds is 3. The summed E-state index contributed by atoms with van der Waals surface area (Å²) >= 11 is 0. The number of halogens is 3. The van der Waals surface area contributed by atoms with Gasteiger partial charge < -0.3 is 19.9 Å². The molecule has 3 aliphatic heterocycles. The highest BCUT2D eigenvalue weighted by molar-refractivity contribution is 5.92. The first kappa shape index (κ1) is 24.3. The van der Waals surface area contributed by atoms with Gasteiger partial charge in [0.25, 0.3) is 5.91 Å². The number of carbonyl (C=O) groups is 2. The highest BCUT2D eigenvalue weighted by Gasteiger charge is 2.45. The molecule has 2 atom stereocenters. The average molecular weight is 460 g/mol. The van der Waals surface area contributed by atoms with Crippen molar-refractivity contribution in [2.45, 2.75) is 56.0 Å². The van der Waals surface area contributed by atoms with Gasteiger partial charge in [0.1, 0.15) is 5.69 Å². The van der Waals surface area contributed by atoms with Crippen molar-refractivity contribution in [2.24, 2.45) is 0 Å². The third kappa shape index (κ3) is 6.59. The number of carbonyl (C=O) groups excluding carboxylic acids is 1. The lowest BCUT2D eigenvalue weighted by Crippen LogP contribution is -2.51. The molecule has 32 heavy (non-hydrogen) atoms. The standard InChI is InChI=1S/C18H26N4O3.C2HF3O2/c23-17(16-12-19-5-6-20-16)21-14-1-10-25-18(11-14)4-7-22(13-18)15-2-8-24-9-3-15;3-2(4,5)1(6)7/h5-6,12,14-15H,1-4,7-11,13H2,(H,21,23);(H,6,7)/t14-,18+;/m0./s1. The van der Waals surface area contributed by atoms with Crippen LogP contribution in [0, 0.1) is 0 Å². The van der Waals surface area contributed by atoms with E-state index in [1.807, 2.05) is 0 Å². The van der Waals surface area contributed by atoms with Gasteiger partial charge >= 0.3 is 12.1 Å². The van der Waals surface area contributed by atoms with E-state index in [1.54, 1.807) is 12.4 Å². The molecule has 1 amide bonds. The Morgan fingerprint density at radius 2 is 1.91 bits per heavy atom. The summed E-state index contributed by atoms with van der Waals surface area (Å²) < 4.78 is 43.4. The molecule has 3 saturated heterocycles. The van der Waals surface area contributed by atoms with Crippen LogP contribution < -0.4 is 5.32 Å². The van der Waals surface area contributed by atoms with E-state index in [-0.39, 0.29) is 17.6 Å². The van der Waals surface area contributed by atoms with E-state index in [0.29, 0.717) is 18.3 Å². The van der Waals surface area contributed by atoms with Gasteiger partial charge in [0.2, 0.25) is 0 Å². The number of aromatic nitrogens is 2. The Morgan fingerprint density at radius 3 is 2.53 bits per heavy atom. The first-order chi connectivity index (χ1) is 15.2. The number of nitrogens with zero attached hydrogens (tertiary/aromatic N) is 3. The number of amides is 1. The van der Waals surface area contributed by atoms with Crippen LogP contribution in [0.25, 0.3) is 0 Å². The van der Waals surface area contributed by atoms with E-state index in [0.717, 1.165) is 58.4 Å². The van der Waals surface area contributed by atoms with Crippen LogP contribution in [0.15, 0.2) is 18.6 Å². The molecule has 0 unspecified atom stereocenters. The third-order valence-electron chi connectivity index (χ3n) is 5.92. The molecule has 12 heteroatoms. The van der Waals surface area contributed by atoms with Crippen LogP contribution in [-0.4, -0.2) is 88.6 Å². The molecular weight excluding hydrogens is 433 g/mol. The molecule has 0 saturated carbocycles. The van der Waals surface area contributed by atoms with Gasteiger partial charge in [0.05, 0.1) is 11.8 Å². The van der Waals surface area contributed by atoms with Crippen LogP contribution in [0.1, 0.15) is 42.6 Å². The van der Waals surface area contributed by atoms with Crippen LogP contribution in [0.3, 0.4) is 0 Å². The smallest absolute Gasteiger partial charge is 0.475 e. The summed E-state index contributed by atoms with van der Waals surface area (Å²) in [5.41, 5.74) is 0.259. The summed E-state index contributed by atoms with van der Waals surface area (Å²) in [4.78, 5) is 31.9. The minimum Gasteiger partial charge on any atom is -0.475 e. The van der Waals surface area contributed by atoms with Gasteiger partial charge in [-0.25, -0.2) is 9.78 Å². The predicted molar refractivity (Wildman–Crippen MR) is 105 cm³/mol. The van der Waals surface area contributed by atoms with Gasteiger partial charge in [-0.05, 0) is 32.1 Å². The van der Waals surface area contributed by atoms with E-state index < -0.39 is 12.1 Å². The largest absolute Gasteiger partial charge is 0.490 e. The summed E-state index contributed by atoms with van der Waals surface area (Å²) in [5.74, 6) is -2.90. The van der Waals surface area contributed by atoms with Crippen molar-refractivity contribution in [3.63, 3.8) is 0 Å². The summed E-state index contributed by atoms with van der Waals surface area (Å²) in [5, 5.41) is 10.2. The lowest BCUT2D eigenvalue weighted by molar-refractivity contribution is -0.192. The van der Waals surface area contributed by atoms with Crippen LogP contribution in [0.2, 0.25) is 0 Å². The lowest BCUT2D eigenvalue weighted by Gasteiger charge is -2.39. The Bertz CT molecular complexity index is 776. The molecule has 3 fully saturated rings. The Labute approximate surface area is 183 Å². The number of carboxylic acids is 1. The highest BCUT2D eigenvalue weighted by atomic mass is 19.4. The lowest BCUT2D eigenvalue weighted by atomic mass is 9.89. The zero-order chi connectivity index (χ0) is 23.2. The van der Waals surface area contributed by atoms with E-state index in [4.69, 9.17) is 19.4 Å². The van der Waals surface area contributed by atoms with Gasteiger partial charge in [0.15, 0.2) is 0 Å². The molecule has 0 aliphatic carbocycles. The van der Waals surface area contributed by atoms with Gasteiger partial charge in [-0.3, -0.25) is 14.7 Å². The van der Waals surface area contributed by atoms with E-state index in [2.05, 4.69) is 20.2 Å². The molecule has 4 rings (SSSR count). The number of likely N-dealkylation sites (tertiary alicyclic amines) is 1. The Morgan fingerprint density at radius 1 is 1.19 bits per heavy atom. The highest BCUT2D eigenvalue weighted by Crippen LogP contribution is 2.36. The molecule has 4 heterocycles. The zero-order valence-corrected chi connectivity index (χ0v) is 17.5. The minimum atomic E-state index is -5.08. The quantitative estimate of drug-likeness (QED) is 0.700. The van der Waals surface area contributed by atoms with Gasteiger partial charge in [-0.1, -0.05) is 0 Å². The maximum absolute atomic E-state index is 12.3. The van der Waals surface area contributed by atoms with Crippen molar-refractivity contribution in [1.29, 1.82) is 0 Å². The molecule has 1 aromatic heterocycles. The predicted octanol–water partition coefficient (Wildman–Crippen LogP) is 1.64. The Balaban J connectivity index is 0.000000360. The van der Waals surface area contributed by atoms with E-state index in [9.17, 15) is 18.0 Å². The van der Waals surface area contributed by atoms with Crippen molar-refractivity contribution in [1.82, 2.24) is 20.2 Å². The van der Waals surface area contributed by atoms with Crippen molar-refractivity contribution >= 4 is 11.9 Å². The topological polar surface area (TPSA) is 114 Å². The van der Waals surface area contributed by atoms with E-state index >= 15 is 0 Å². The SMILES string of the molecule is O=C(N[C@H]1CCO[C@]2(CCN(C3CCOCC3)C2)C1)c1cnccn1.O=C(O)C(F)(F)F. The summed E-state index contributed by atoms with van der Waals surface area (Å²) in [7, 11) is 0. The van der Waals surface area contributed by atoms with Crippen LogP contribution >= 0.6 is 0 Å². The molecule has 9 nitrogen and oxygen atoms in total. The summed E-state index contributed by atoms with van der Waals surface area (Å²) in [6.45, 7) is 4.48. The number of aliphatic carboxylic acids is 1. The second-order valence-corrected chi connectivity index (χ2v) is 8.15. The normalized spacial score (nSPS) is 26.9. The van der Waals surface area contributed by atoms with Crippen molar-refractivity contribution < 1.29 is 37.3 Å². The second-order valence-electron chi connectivity index (χ2n) is 8.15. The molecule has 0 radical (unpaired) electrons. The van der Waals surface area contributed by atoms with Crippen molar-refractivity contribution in [2.75, 3.05) is 32.9 Å². The minimum absolute atomic E-state index is 0.114.